The smallest absolute Gasteiger partial charge is 0.312 e. The maximum Gasteiger partial charge on any atom is 0.416 e. The Kier molecular flexibility index (Phi) is 3.62. The van der Waals surface area contributed by atoms with Crippen molar-refractivity contribution in [3.63, 3.8) is 0 Å². The Morgan fingerprint density at radius 1 is 1.20 bits per heavy atom. The zero-order chi connectivity index (χ0) is 10.2. The second kappa shape index (κ2) is 4.41. The Morgan fingerprint density at radius 3 is 2.60 bits per heavy atom. The van der Waals surface area contributed by atoms with Gasteiger partial charge in [0.15, 0.2) is 0 Å². The van der Waals surface area contributed by atoms with Crippen molar-refractivity contribution < 1.29 is 13.2 Å². The lowest BCUT2D eigenvalue weighted by Crippen LogP contribution is -2.26. The fourth-order valence-electron chi connectivity index (χ4n) is 1.80. The molecule has 0 spiro atoms. The second-order valence-corrected chi connectivity index (χ2v) is 3.37. The van der Waals surface area contributed by atoms with Gasteiger partial charge in [0.05, 0.1) is 5.56 Å². The Labute approximate surface area is 92.1 Å². The van der Waals surface area contributed by atoms with Crippen molar-refractivity contribution in [3.05, 3.63) is 34.9 Å². The predicted octanol–water partition coefficient (Wildman–Crippen LogP) is 2.77. The molecule has 0 atom stereocenters. The topological polar surface area (TPSA) is 12.0 Å². The molecule has 0 radical (unpaired) electrons. The SMILES string of the molecule is Cl.FC(F)(F)c1cccc2c1CCNC2. The summed E-state index contributed by atoms with van der Waals surface area (Å²) < 4.78 is 37.7. The minimum atomic E-state index is -4.22. The molecular weight excluding hydrogens is 227 g/mol. The lowest BCUT2D eigenvalue weighted by Gasteiger charge is -2.21. The summed E-state index contributed by atoms with van der Waals surface area (Å²) in [5.74, 6) is 0. The third-order valence-electron chi connectivity index (χ3n) is 2.45. The molecule has 1 aliphatic heterocycles. The molecule has 1 heterocycles. The van der Waals surface area contributed by atoms with Gasteiger partial charge in [-0.25, -0.2) is 0 Å². The molecule has 2 rings (SSSR count). The molecule has 1 N–H and O–H groups in total. The van der Waals surface area contributed by atoms with Gasteiger partial charge in [-0.3, -0.25) is 0 Å². The van der Waals surface area contributed by atoms with E-state index in [9.17, 15) is 13.2 Å². The number of benzene rings is 1. The standard InChI is InChI=1S/C10H10F3N.ClH/c11-10(12,13)9-3-1-2-7-6-14-5-4-8(7)9;/h1-3,14H,4-6H2;1H. The number of fused-ring (bicyclic) bond motifs is 1. The lowest BCUT2D eigenvalue weighted by molar-refractivity contribution is -0.138. The van der Waals surface area contributed by atoms with Crippen LogP contribution in [0.15, 0.2) is 18.2 Å². The van der Waals surface area contributed by atoms with Gasteiger partial charge in [0, 0.05) is 6.54 Å². The second-order valence-electron chi connectivity index (χ2n) is 3.37. The van der Waals surface area contributed by atoms with E-state index >= 15 is 0 Å². The summed E-state index contributed by atoms with van der Waals surface area (Å²) in [4.78, 5) is 0. The molecule has 0 fully saturated rings. The monoisotopic (exact) mass is 237 g/mol. The first-order valence-corrected chi connectivity index (χ1v) is 4.48. The number of halogens is 4. The quantitative estimate of drug-likeness (QED) is 0.732. The molecular formula is C10H11ClF3N. The van der Waals surface area contributed by atoms with Crippen LogP contribution in [0.4, 0.5) is 13.2 Å². The molecule has 1 aromatic rings. The average Bonchev–Trinajstić information content (AvgIpc) is 2.15. The van der Waals surface area contributed by atoms with Crippen molar-refractivity contribution in [1.29, 1.82) is 0 Å². The van der Waals surface area contributed by atoms with Crippen LogP contribution in [0.1, 0.15) is 16.7 Å². The number of hydrogen-bond donors (Lipinski definition) is 1. The van der Waals surface area contributed by atoms with Crippen LogP contribution in [0.5, 0.6) is 0 Å². The molecule has 15 heavy (non-hydrogen) atoms. The summed E-state index contributed by atoms with van der Waals surface area (Å²) in [6.45, 7) is 1.17. The van der Waals surface area contributed by atoms with Crippen LogP contribution >= 0.6 is 12.4 Å². The van der Waals surface area contributed by atoms with E-state index < -0.39 is 11.7 Å². The molecule has 1 aromatic carbocycles. The third kappa shape index (κ3) is 2.44. The van der Waals surface area contributed by atoms with Crippen LogP contribution in [0.25, 0.3) is 0 Å². The largest absolute Gasteiger partial charge is 0.416 e. The predicted molar refractivity (Wildman–Crippen MR) is 54.1 cm³/mol. The van der Waals surface area contributed by atoms with E-state index in [1.54, 1.807) is 6.07 Å². The molecule has 0 aromatic heterocycles. The van der Waals surface area contributed by atoms with Gasteiger partial charge >= 0.3 is 6.18 Å². The van der Waals surface area contributed by atoms with E-state index in [1.807, 2.05) is 0 Å². The van der Waals surface area contributed by atoms with E-state index in [1.165, 1.54) is 6.07 Å². The van der Waals surface area contributed by atoms with Crippen LogP contribution in [-0.2, 0) is 19.1 Å². The fourth-order valence-corrected chi connectivity index (χ4v) is 1.80. The molecule has 0 saturated heterocycles. The number of alkyl halides is 3. The normalized spacial score (nSPS) is 15.4. The van der Waals surface area contributed by atoms with Crippen LogP contribution in [0, 0.1) is 0 Å². The van der Waals surface area contributed by atoms with Gasteiger partial charge < -0.3 is 5.32 Å². The molecule has 5 heteroatoms. The Balaban J connectivity index is 0.00000112. The van der Waals surface area contributed by atoms with Crippen LogP contribution in [-0.4, -0.2) is 6.54 Å². The van der Waals surface area contributed by atoms with Gasteiger partial charge in [0.2, 0.25) is 0 Å². The van der Waals surface area contributed by atoms with E-state index in [2.05, 4.69) is 5.32 Å². The first-order chi connectivity index (χ1) is 6.59. The highest BCUT2D eigenvalue weighted by Gasteiger charge is 2.34. The van der Waals surface area contributed by atoms with Gasteiger partial charge in [-0.05, 0) is 30.2 Å². The summed E-state index contributed by atoms with van der Waals surface area (Å²) in [5, 5.41) is 3.05. The van der Waals surface area contributed by atoms with Crippen molar-refractivity contribution in [1.82, 2.24) is 5.32 Å². The lowest BCUT2D eigenvalue weighted by atomic mass is 9.95. The van der Waals surface area contributed by atoms with Gasteiger partial charge in [-0.1, -0.05) is 12.1 Å². The minimum absolute atomic E-state index is 0. The third-order valence-corrected chi connectivity index (χ3v) is 2.45. The van der Waals surface area contributed by atoms with Gasteiger partial charge in [-0.15, -0.1) is 12.4 Å². The molecule has 1 nitrogen and oxygen atoms in total. The Hall–Kier alpha value is -0.740. The zero-order valence-corrected chi connectivity index (χ0v) is 8.71. The van der Waals surface area contributed by atoms with Gasteiger partial charge in [0.25, 0.3) is 0 Å². The summed E-state index contributed by atoms with van der Waals surface area (Å²) in [7, 11) is 0. The minimum Gasteiger partial charge on any atom is -0.312 e. The summed E-state index contributed by atoms with van der Waals surface area (Å²) in [6, 6.07) is 4.37. The Bertz CT molecular complexity index is 349. The highest BCUT2D eigenvalue weighted by Crippen LogP contribution is 2.34. The zero-order valence-electron chi connectivity index (χ0n) is 7.90. The molecule has 0 bridgehead atoms. The number of hydrogen-bond acceptors (Lipinski definition) is 1. The maximum atomic E-state index is 12.6. The Morgan fingerprint density at radius 2 is 1.93 bits per heavy atom. The first-order valence-electron chi connectivity index (χ1n) is 4.48. The van der Waals surface area contributed by atoms with E-state index in [4.69, 9.17) is 0 Å². The van der Waals surface area contributed by atoms with E-state index in [-0.39, 0.29) is 12.4 Å². The summed E-state index contributed by atoms with van der Waals surface area (Å²) in [5.41, 5.74) is 0.751. The number of rotatable bonds is 0. The van der Waals surface area contributed by atoms with E-state index in [0.29, 0.717) is 25.1 Å². The van der Waals surface area contributed by atoms with E-state index in [0.717, 1.165) is 11.6 Å². The van der Waals surface area contributed by atoms with Gasteiger partial charge in [-0.2, -0.15) is 13.2 Å². The first kappa shape index (κ1) is 12.3. The van der Waals surface area contributed by atoms with Crippen LogP contribution in [0.3, 0.4) is 0 Å². The highest BCUT2D eigenvalue weighted by atomic mass is 35.5. The molecule has 0 saturated carbocycles. The van der Waals surface area contributed by atoms with Crippen molar-refractivity contribution in [2.24, 2.45) is 0 Å². The molecule has 0 unspecified atom stereocenters. The van der Waals surface area contributed by atoms with Crippen molar-refractivity contribution >= 4 is 12.4 Å². The van der Waals surface area contributed by atoms with Crippen LogP contribution < -0.4 is 5.32 Å². The molecule has 84 valence electrons. The summed E-state index contributed by atoms with van der Waals surface area (Å²) >= 11 is 0. The average molecular weight is 238 g/mol. The molecule has 0 amide bonds. The van der Waals surface area contributed by atoms with Gasteiger partial charge in [0.1, 0.15) is 0 Å². The highest BCUT2D eigenvalue weighted by molar-refractivity contribution is 5.85. The summed E-state index contributed by atoms with van der Waals surface area (Å²) in [6.07, 6.45) is -3.76. The molecule has 1 aliphatic rings. The fraction of sp³-hybridized carbons (Fsp3) is 0.400. The van der Waals surface area contributed by atoms with Crippen molar-refractivity contribution in [2.45, 2.75) is 19.1 Å². The van der Waals surface area contributed by atoms with Crippen LogP contribution in [0.2, 0.25) is 0 Å². The molecule has 0 aliphatic carbocycles. The van der Waals surface area contributed by atoms with Crippen molar-refractivity contribution in [2.75, 3.05) is 6.54 Å². The number of nitrogens with one attached hydrogen (secondary N) is 1. The van der Waals surface area contributed by atoms with Crippen molar-refractivity contribution in [3.8, 4) is 0 Å². The maximum absolute atomic E-state index is 12.6.